The van der Waals surface area contributed by atoms with Gasteiger partial charge in [0.15, 0.2) is 17.1 Å². The predicted molar refractivity (Wildman–Crippen MR) is 113 cm³/mol. The van der Waals surface area contributed by atoms with Crippen molar-refractivity contribution in [1.82, 2.24) is 19.5 Å². The van der Waals surface area contributed by atoms with Gasteiger partial charge < -0.3 is 19.7 Å². The molecule has 3 aromatic rings. The Balaban J connectivity index is 1.91. The first-order valence-corrected chi connectivity index (χ1v) is 9.65. The molecule has 0 bridgehead atoms. The molecule has 0 aliphatic rings. The quantitative estimate of drug-likeness (QED) is 0.610. The van der Waals surface area contributed by atoms with Crippen LogP contribution in [0, 0.1) is 6.92 Å². The van der Waals surface area contributed by atoms with Crippen LogP contribution in [0.15, 0.2) is 30.3 Å². The van der Waals surface area contributed by atoms with E-state index >= 15 is 0 Å². The fourth-order valence-corrected chi connectivity index (χ4v) is 3.24. The summed E-state index contributed by atoms with van der Waals surface area (Å²) in [6, 6.07) is 9.81. The molecule has 0 saturated carbocycles. The molecule has 150 valence electrons. The second-order valence-corrected chi connectivity index (χ2v) is 6.61. The third kappa shape index (κ3) is 4.20. The van der Waals surface area contributed by atoms with Gasteiger partial charge in [0.2, 0.25) is 0 Å². The lowest BCUT2D eigenvalue weighted by Gasteiger charge is -2.18. The van der Waals surface area contributed by atoms with E-state index in [0.717, 1.165) is 54.6 Å². The van der Waals surface area contributed by atoms with Gasteiger partial charge in [-0.1, -0.05) is 13.8 Å². The number of aromatic nitrogens is 3. The smallest absolute Gasteiger partial charge is 0.161 e. The van der Waals surface area contributed by atoms with Gasteiger partial charge in [-0.05, 0) is 38.2 Å². The Morgan fingerprint density at radius 1 is 1.04 bits per heavy atom. The standard InChI is InChI=1S/C21H29N5O2/c1-6-25(7-2)11-10-22-20-12-15(3)23-21-14-17(24-26(20)21)16-8-9-18(27-4)19(13-16)28-5/h8-9,12-14,22H,6-7,10-11H2,1-5H3. The first-order chi connectivity index (χ1) is 13.6. The molecule has 2 heterocycles. The van der Waals surface area contributed by atoms with Crippen molar-refractivity contribution >= 4 is 11.5 Å². The third-order valence-corrected chi connectivity index (χ3v) is 4.86. The van der Waals surface area contributed by atoms with Crippen LogP contribution in [0.4, 0.5) is 5.82 Å². The molecule has 0 aliphatic carbocycles. The number of hydrogen-bond donors (Lipinski definition) is 1. The molecule has 0 radical (unpaired) electrons. The average molecular weight is 383 g/mol. The highest BCUT2D eigenvalue weighted by Crippen LogP contribution is 2.32. The summed E-state index contributed by atoms with van der Waals surface area (Å²) in [5, 5.41) is 8.28. The Morgan fingerprint density at radius 3 is 2.46 bits per heavy atom. The van der Waals surface area contributed by atoms with Crippen molar-refractivity contribution < 1.29 is 9.47 Å². The van der Waals surface area contributed by atoms with Crippen molar-refractivity contribution in [1.29, 1.82) is 0 Å². The van der Waals surface area contributed by atoms with Crippen LogP contribution in [-0.4, -0.2) is 59.9 Å². The number of rotatable bonds is 9. The lowest BCUT2D eigenvalue weighted by molar-refractivity contribution is 0.316. The summed E-state index contributed by atoms with van der Waals surface area (Å²) in [6.45, 7) is 10.3. The average Bonchev–Trinajstić information content (AvgIpc) is 3.14. The molecule has 0 spiro atoms. The highest BCUT2D eigenvalue weighted by Gasteiger charge is 2.12. The summed E-state index contributed by atoms with van der Waals surface area (Å²) in [4.78, 5) is 7.01. The van der Waals surface area contributed by atoms with Gasteiger partial charge in [0.1, 0.15) is 5.82 Å². The van der Waals surface area contributed by atoms with E-state index in [1.165, 1.54) is 0 Å². The van der Waals surface area contributed by atoms with Crippen LogP contribution in [0.25, 0.3) is 16.9 Å². The van der Waals surface area contributed by atoms with Crippen molar-refractivity contribution in [2.24, 2.45) is 0 Å². The molecule has 0 unspecified atom stereocenters. The van der Waals surface area contributed by atoms with Gasteiger partial charge in [-0.25, -0.2) is 4.98 Å². The number of nitrogens with one attached hydrogen (secondary N) is 1. The summed E-state index contributed by atoms with van der Waals surface area (Å²) in [5.74, 6) is 2.32. The molecular formula is C21H29N5O2. The molecule has 7 heteroatoms. The summed E-state index contributed by atoms with van der Waals surface area (Å²) in [6.07, 6.45) is 0. The normalized spacial score (nSPS) is 11.2. The van der Waals surface area contributed by atoms with Gasteiger partial charge in [0.25, 0.3) is 0 Å². The number of methoxy groups -OCH3 is 2. The molecule has 0 atom stereocenters. The van der Waals surface area contributed by atoms with E-state index in [9.17, 15) is 0 Å². The van der Waals surface area contributed by atoms with E-state index in [2.05, 4.69) is 29.0 Å². The van der Waals surface area contributed by atoms with Crippen LogP contribution in [-0.2, 0) is 0 Å². The Bertz CT molecular complexity index is 934. The minimum Gasteiger partial charge on any atom is -0.493 e. The minimum atomic E-state index is 0.679. The van der Waals surface area contributed by atoms with Gasteiger partial charge in [0.05, 0.1) is 19.9 Å². The molecule has 1 N–H and O–H groups in total. The van der Waals surface area contributed by atoms with Gasteiger partial charge >= 0.3 is 0 Å². The zero-order valence-electron chi connectivity index (χ0n) is 17.3. The van der Waals surface area contributed by atoms with Crippen molar-refractivity contribution in [2.45, 2.75) is 20.8 Å². The van der Waals surface area contributed by atoms with Crippen LogP contribution in [0.5, 0.6) is 11.5 Å². The summed E-state index contributed by atoms with van der Waals surface area (Å²) in [5.41, 5.74) is 3.56. The monoisotopic (exact) mass is 383 g/mol. The molecule has 1 aromatic carbocycles. The number of likely N-dealkylation sites (N-methyl/N-ethyl adjacent to an activating group) is 1. The van der Waals surface area contributed by atoms with Crippen LogP contribution < -0.4 is 14.8 Å². The van der Waals surface area contributed by atoms with Crippen molar-refractivity contribution in [3.8, 4) is 22.8 Å². The van der Waals surface area contributed by atoms with E-state index < -0.39 is 0 Å². The summed E-state index contributed by atoms with van der Waals surface area (Å²) >= 11 is 0. The molecule has 2 aromatic heterocycles. The molecular weight excluding hydrogens is 354 g/mol. The van der Waals surface area contributed by atoms with E-state index in [1.807, 2.05) is 41.8 Å². The Hall–Kier alpha value is -2.80. The molecule has 0 aliphatic heterocycles. The Kier molecular flexibility index (Phi) is 6.36. The van der Waals surface area contributed by atoms with Gasteiger partial charge in [-0.2, -0.15) is 9.61 Å². The van der Waals surface area contributed by atoms with Crippen LogP contribution in [0.1, 0.15) is 19.5 Å². The molecule has 0 fully saturated rings. The van der Waals surface area contributed by atoms with Crippen molar-refractivity contribution in [3.05, 3.63) is 36.0 Å². The number of ether oxygens (including phenoxy) is 2. The molecule has 7 nitrogen and oxygen atoms in total. The SMILES string of the molecule is CCN(CC)CCNc1cc(C)nc2cc(-c3ccc(OC)c(OC)c3)nn12. The van der Waals surface area contributed by atoms with Gasteiger partial charge in [0, 0.05) is 36.5 Å². The maximum atomic E-state index is 5.42. The Labute approximate surface area is 166 Å². The summed E-state index contributed by atoms with van der Waals surface area (Å²) in [7, 11) is 3.26. The van der Waals surface area contributed by atoms with Gasteiger partial charge in [-0.3, -0.25) is 0 Å². The fourth-order valence-electron chi connectivity index (χ4n) is 3.24. The molecule has 0 saturated heterocycles. The predicted octanol–water partition coefficient (Wildman–Crippen LogP) is 3.48. The molecule has 3 rings (SSSR count). The number of fused-ring (bicyclic) bond motifs is 1. The zero-order valence-corrected chi connectivity index (χ0v) is 17.3. The Morgan fingerprint density at radius 2 is 1.79 bits per heavy atom. The molecule has 0 amide bonds. The highest BCUT2D eigenvalue weighted by atomic mass is 16.5. The highest BCUT2D eigenvalue weighted by molar-refractivity contribution is 5.68. The van der Waals surface area contributed by atoms with Crippen molar-refractivity contribution in [2.75, 3.05) is 45.7 Å². The van der Waals surface area contributed by atoms with Gasteiger partial charge in [-0.15, -0.1) is 0 Å². The van der Waals surface area contributed by atoms with E-state index in [-0.39, 0.29) is 0 Å². The number of benzene rings is 1. The van der Waals surface area contributed by atoms with Crippen LogP contribution >= 0.6 is 0 Å². The molecule has 28 heavy (non-hydrogen) atoms. The van der Waals surface area contributed by atoms with Crippen LogP contribution in [0.2, 0.25) is 0 Å². The van der Waals surface area contributed by atoms with E-state index in [4.69, 9.17) is 14.6 Å². The second kappa shape index (κ2) is 8.93. The lowest BCUT2D eigenvalue weighted by atomic mass is 10.1. The van der Waals surface area contributed by atoms with E-state index in [1.54, 1.807) is 14.2 Å². The number of anilines is 1. The third-order valence-electron chi connectivity index (χ3n) is 4.86. The topological polar surface area (TPSA) is 63.9 Å². The van der Waals surface area contributed by atoms with E-state index in [0.29, 0.717) is 11.5 Å². The fraction of sp³-hybridized carbons (Fsp3) is 0.429. The number of hydrogen-bond acceptors (Lipinski definition) is 6. The minimum absolute atomic E-state index is 0.679. The number of aryl methyl sites for hydroxylation is 1. The number of nitrogens with zero attached hydrogens (tertiary/aromatic N) is 4. The maximum Gasteiger partial charge on any atom is 0.161 e. The van der Waals surface area contributed by atoms with Crippen LogP contribution in [0.3, 0.4) is 0 Å². The largest absolute Gasteiger partial charge is 0.493 e. The lowest BCUT2D eigenvalue weighted by Crippen LogP contribution is -2.29. The summed E-state index contributed by atoms with van der Waals surface area (Å²) < 4.78 is 12.6. The first kappa shape index (κ1) is 19.9. The zero-order chi connectivity index (χ0) is 20.1. The maximum absolute atomic E-state index is 5.42. The second-order valence-electron chi connectivity index (χ2n) is 6.61. The van der Waals surface area contributed by atoms with Crippen molar-refractivity contribution in [3.63, 3.8) is 0 Å². The first-order valence-electron chi connectivity index (χ1n) is 9.65.